The summed E-state index contributed by atoms with van der Waals surface area (Å²) in [6.45, 7) is 2.97. The Hall–Kier alpha value is -1.87. The van der Waals surface area contributed by atoms with Gasteiger partial charge in [0, 0.05) is 38.8 Å². The third kappa shape index (κ3) is 2.34. The van der Waals surface area contributed by atoms with Gasteiger partial charge in [0.05, 0.1) is 5.69 Å². The zero-order valence-corrected chi connectivity index (χ0v) is 11.2. The number of nitrogens with zero attached hydrogens (tertiary/aromatic N) is 2. The van der Waals surface area contributed by atoms with Crippen molar-refractivity contribution in [2.75, 3.05) is 6.54 Å². The molecule has 98 valence electrons. The number of carbonyl (C=O) groups is 1. The molecule has 1 aliphatic heterocycles. The molecule has 1 aliphatic rings. The molecule has 0 amide bonds. The standard InChI is InChI=1S/C16H18N2O/c1-17-15(12-19)9-14-11-18(8-7-16(14)17)10-13-5-3-2-4-6-13/h2-6,9,12H,7-8,10-11H2,1H3. The van der Waals surface area contributed by atoms with E-state index < -0.39 is 0 Å². The number of aromatic nitrogens is 1. The summed E-state index contributed by atoms with van der Waals surface area (Å²) in [4.78, 5) is 13.4. The molecule has 0 atom stereocenters. The Morgan fingerprint density at radius 3 is 2.79 bits per heavy atom. The molecule has 0 saturated heterocycles. The smallest absolute Gasteiger partial charge is 0.166 e. The predicted molar refractivity (Wildman–Crippen MR) is 75.1 cm³/mol. The first-order chi connectivity index (χ1) is 9.28. The summed E-state index contributed by atoms with van der Waals surface area (Å²) >= 11 is 0. The highest BCUT2D eigenvalue weighted by Gasteiger charge is 2.20. The lowest BCUT2D eigenvalue weighted by molar-refractivity contribution is 0.111. The van der Waals surface area contributed by atoms with Crippen molar-refractivity contribution in [3.8, 4) is 0 Å². The van der Waals surface area contributed by atoms with Crippen LogP contribution >= 0.6 is 0 Å². The van der Waals surface area contributed by atoms with E-state index in [4.69, 9.17) is 0 Å². The topological polar surface area (TPSA) is 25.2 Å². The van der Waals surface area contributed by atoms with Gasteiger partial charge >= 0.3 is 0 Å². The van der Waals surface area contributed by atoms with Gasteiger partial charge in [-0.15, -0.1) is 0 Å². The Morgan fingerprint density at radius 2 is 2.05 bits per heavy atom. The van der Waals surface area contributed by atoms with E-state index in [1.54, 1.807) is 0 Å². The number of benzene rings is 1. The number of hydrogen-bond acceptors (Lipinski definition) is 2. The molecule has 3 nitrogen and oxygen atoms in total. The summed E-state index contributed by atoms with van der Waals surface area (Å²) in [6.07, 6.45) is 1.96. The van der Waals surface area contributed by atoms with Crippen molar-refractivity contribution < 1.29 is 4.79 Å². The van der Waals surface area contributed by atoms with Crippen LogP contribution in [0.4, 0.5) is 0 Å². The van der Waals surface area contributed by atoms with Gasteiger partial charge in [-0.05, 0) is 17.2 Å². The van der Waals surface area contributed by atoms with Crippen molar-refractivity contribution in [2.24, 2.45) is 7.05 Å². The number of rotatable bonds is 3. The molecule has 1 aromatic carbocycles. The SMILES string of the molecule is Cn1c(C=O)cc2c1CCN(Cc1ccccc1)C2. The van der Waals surface area contributed by atoms with Gasteiger partial charge in [0.2, 0.25) is 0 Å². The molecule has 2 aromatic rings. The Balaban J connectivity index is 1.77. The summed E-state index contributed by atoms with van der Waals surface area (Å²) in [6, 6.07) is 12.6. The molecule has 3 rings (SSSR count). The highest BCUT2D eigenvalue weighted by atomic mass is 16.1. The lowest BCUT2D eigenvalue weighted by Gasteiger charge is -2.27. The van der Waals surface area contributed by atoms with Crippen LogP contribution in [0.5, 0.6) is 0 Å². The third-order valence-electron chi connectivity index (χ3n) is 3.91. The Morgan fingerprint density at radius 1 is 1.26 bits per heavy atom. The van der Waals surface area contributed by atoms with E-state index in [1.807, 2.05) is 23.7 Å². The fourth-order valence-electron chi connectivity index (χ4n) is 2.87. The molecule has 0 bridgehead atoms. The van der Waals surface area contributed by atoms with Crippen molar-refractivity contribution >= 4 is 6.29 Å². The maximum absolute atomic E-state index is 11.0. The van der Waals surface area contributed by atoms with Gasteiger partial charge in [0.15, 0.2) is 6.29 Å². The summed E-state index contributed by atoms with van der Waals surface area (Å²) in [5.41, 5.74) is 4.74. The molecule has 0 N–H and O–H groups in total. The molecular formula is C16H18N2O. The van der Waals surface area contributed by atoms with Crippen LogP contribution in [0.25, 0.3) is 0 Å². The fraction of sp³-hybridized carbons (Fsp3) is 0.312. The second-order valence-electron chi connectivity index (χ2n) is 5.16. The van der Waals surface area contributed by atoms with E-state index in [0.29, 0.717) is 0 Å². The Kier molecular flexibility index (Phi) is 3.22. The third-order valence-corrected chi connectivity index (χ3v) is 3.91. The first-order valence-corrected chi connectivity index (χ1v) is 6.67. The molecule has 0 fully saturated rings. The number of aldehydes is 1. The molecule has 19 heavy (non-hydrogen) atoms. The van der Waals surface area contributed by atoms with Gasteiger partial charge in [0.25, 0.3) is 0 Å². The van der Waals surface area contributed by atoms with Gasteiger partial charge < -0.3 is 4.57 Å². The van der Waals surface area contributed by atoms with E-state index in [9.17, 15) is 4.79 Å². The first kappa shape index (κ1) is 12.2. The van der Waals surface area contributed by atoms with Gasteiger partial charge in [0.1, 0.15) is 0 Å². The minimum atomic E-state index is 0.784. The molecule has 0 aliphatic carbocycles. The Bertz CT molecular complexity index is 586. The molecule has 0 saturated carbocycles. The van der Waals surface area contributed by atoms with Crippen molar-refractivity contribution in [3.63, 3.8) is 0 Å². The highest BCUT2D eigenvalue weighted by molar-refractivity contribution is 5.73. The van der Waals surface area contributed by atoms with Gasteiger partial charge in [-0.3, -0.25) is 9.69 Å². The molecule has 0 spiro atoms. The normalized spacial score (nSPS) is 15.2. The maximum Gasteiger partial charge on any atom is 0.166 e. The lowest BCUT2D eigenvalue weighted by Crippen LogP contribution is -2.30. The van der Waals surface area contributed by atoms with Crippen LogP contribution in [0.15, 0.2) is 36.4 Å². The quantitative estimate of drug-likeness (QED) is 0.786. The average molecular weight is 254 g/mol. The molecule has 1 aromatic heterocycles. The van der Waals surface area contributed by atoms with Gasteiger partial charge in [-0.1, -0.05) is 30.3 Å². The molecular weight excluding hydrogens is 236 g/mol. The van der Waals surface area contributed by atoms with Crippen LogP contribution in [-0.4, -0.2) is 22.3 Å². The summed E-state index contributed by atoms with van der Waals surface area (Å²) in [7, 11) is 1.98. The lowest BCUT2D eigenvalue weighted by atomic mass is 10.1. The number of fused-ring (bicyclic) bond motifs is 1. The number of carbonyl (C=O) groups excluding carboxylic acids is 1. The van der Waals surface area contributed by atoms with Crippen LogP contribution in [0.3, 0.4) is 0 Å². The van der Waals surface area contributed by atoms with E-state index in [-0.39, 0.29) is 0 Å². The van der Waals surface area contributed by atoms with Crippen molar-refractivity contribution in [1.29, 1.82) is 0 Å². The van der Waals surface area contributed by atoms with Crippen molar-refractivity contribution in [3.05, 3.63) is 58.9 Å². The van der Waals surface area contributed by atoms with E-state index in [2.05, 4.69) is 29.2 Å². The van der Waals surface area contributed by atoms with E-state index >= 15 is 0 Å². The molecule has 2 heterocycles. The van der Waals surface area contributed by atoms with Crippen molar-refractivity contribution in [2.45, 2.75) is 19.5 Å². The fourth-order valence-corrected chi connectivity index (χ4v) is 2.87. The summed E-state index contributed by atoms with van der Waals surface area (Å²) < 4.78 is 2.03. The maximum atomic E-state index is 11.0. The molecule has 3 heteroatoms. The zero-order chi connectivity index (χ0) is 13.2. The highest BCUT2D eigenvalue weighted by Crippen LogP contribution is 2.22. The average Bonchev–Trinajstić information content (AvgIpc) is 2.76. The van der Waals surface area contributed by atoms with Gasteiger partial charge in [-0.25, -0.2) is 0 Å². The second kappa shape index (κ2) is 5.02. The summed E-state index contributed by atoms with van der Waals surface area (Å²) in [5, 5.41) is 0. The van der Waals surface area contributed by atoms with Crippen LogP contribution in [-0.2, 0) is 26.6 Å². The van der Waals surface area contributed by atoms with Crippen LogP contribution in [0.1, 0.15) is 27.3 Å². The predicted octanol–water partition coefficient (Wildman–Crippen LogP) is 2.40. The molecule has 0 radical (unpaired) electrons. The second-order valence-corrected chi connectivity index (χ2v) is 5.16. The van der Waals surface area contributed by atoms with Gasteiger partial charge in [-0.2, -0.15) is 0 Å². The summed E-state index contributed by atoms with van der Waals surface area (Å²) in [5.74, 6) is 0. The van der Waals surface area contributed by atoms with Crippen molar-refractivity contribution in [1.82, 2.24) is 9.47 Å². The molecule has 0 unspecified atom stereocenters. The monoisotopic (exact) mass is 254 g/mol. The number of hydrogen-bond donors (Lipinski definition) is 0. The van der Waals surface area contributed by atoms with Crippen LogP contribution in [0.2, 0.25) is 0 Å². The first-order valence-electron chi connectivity index (χ1n) is 6.67. The van der Waals surface area contributed by atoms with Crippen LogP contribution in [0, 0.1) is 0 Å². The Labute approximate surface area is 113 Å². The van der Waals surface area contributed by atoms with Crippen LogP contribution < -0.4 is 0 Å². The minimum absolute atomic E-state index is 0.784. The minimum Gasteiger partial charge on any atom is -0.345 e. The van der Waals surface area contributed by atoms with E-state index in [1.165, 1.54) is 16.8 Å². The zero-order valence-electron chi connectivity index (χ0n) is 11.2. The largest absolute Gasteiger partial charge is 0.345 e. The van der Waals surface area contributed by atoms with E-state index in [0.717, 1.165) is 38.0 Å².